The van der Waals surface area contributed by atoms with Crippen LogP contribution in [0.15, 0.2) is 29.1 Å². The second kappa shape index (κ2) is 4.37. The number of H-pyrrole nitrogens is 1. The Morgan fingerprint density at radius 2 is 1.72 bits per heavy atom. The fourth-order valence-corrected chi connectivity index (χ4v) is 1.48. The van der Waals surface area contributed by atoms with Gasteiger partial charge in [0.05, 0.1) is 11.3 Å². The first-order valence-electron chi connectivity index (χ1n) is 4.82. The van der Waals surface area contributed by atoms with E-state index in [0.717, 1.165) is 18.2 Å². The second-order valence-electron chi connectivity index (χ2n) is 3.44. The van der Waals surface area contributed by atoms with Gasteiger partial charge in [0, 0.05) is 0 Å². The molecule has 0 aliphatic carbocycles. The number of hydrogen-bond acceptors (Lipinski definition) is 2. The molecule has 3 nitrogen and oxygen atoms in total. The molecule has 2 rings (SSSR count). The number of nitriles is 1. The van der Waals surface area contributed by atoms with Gasteiger partial charge in [-0.2, -0.15) is 5.26 Å². The van der Waals surface area contributed by atoms with E-state index in [0.29, 0.717) is 6.07 Å². The fourth-order valence-electron chi connectivity index (χ4n) is 1.48. The molecule has 1 heterocycles. The third-order valence-electron chi connectivity index (χ3n) is 2.34. The van der Waals surface area contributed by atoms with Crippen molar-refractivity contribution in [1.82, 2.24) is 4.98 Å². The SMILES string of the molecule is N#Cc1ccc(-c2c(F)ccc(F)c2F)[nH]c1=O. The van der Waals surface area contributed by atoms with Gasteiger partial charge < -0.3 is 4.98 Å². The molecular formula is C12H5F3N2O. The molecule has 0 bridgehead atoms. The zero-order valence-electron chi connectivity index (χ0n) is 8.80. The van der Waals surface area contributed by atoms with Crippen molar-refractivity contribution < 1.29 is 13.2 Å². The molecule has 0 fully saturated rings. The highest BCUT2D eigenvalue weighted by Gasteiger charge is 2.16. The van der Waals surface area contributed by atoms with Crippen molar-refractivity contribution in [2.24, 2.45) is 0 Å². The molecule has 0 amide bonds. The molecule has 0 saturated carbocycles. The van der Waals surface area contributed by atoms with Crippen molar-refractivity contribution in [3.05, 3.63) is 57.6 Å². The average molecular weight is 250 g/mol. The molecular weight excluding hydrogens is 245 g/mol. The number of halogens is 3. The van der Waals surface area contributed by atoms with Gasteiger partial charge in [-0.1, -0.05) is 0 Å². The van der Waals surface area contributed by atoms with Crippen LogP contribution in [-0.2, 0) is 0 Å². The van der Waals surface area contributed by atoms with Crippen LogP contribution in [-0.4, -0.2) is 4.98 Å². The maximum Gasteiger partial charge on any atom is 0.266 e. The Kier molecular flexibility index (Phi) is 2.90. The Bertz CT molecular complexity index is 716. The number of nitrogens with zero attached hydrogens (tertiary/aromatic N) is 1. The number of pyridine rings is 1. The van der Waals surface area contributed by atoms with E-state index in [1.807, 2.05) is 0 Å². The molecule has 1 N–H and O–H groups in total. The van der Waals surface area contributed by atoms with Gasteiger partial charge in [0.2, 0.25) is 0 Å². The van der Waals surface area contributed by atoms with Gasteiger partial charge in [0.15, 0.2) is 11.6 Å². The van der Waals surface area contributed by atoms with Crippen molar-refractivity contribution in [2.75, 3.05) is 0 Å². The Balaban J connectivity index is 2.71. The highest BCUT2D eigenvalue weighted by atomic mass is 19.2. The van der Waals surface area contributed by atoms with Crippen molar-refractivity contribution in [2.45, 2.75) is 0 Å². The predicted molar refractivity (Wildman–Crippen MR) is 57.1 cm³/mol. The molecule has 0 atom stereocenters. The van der Waals surface area contributed by atoms with E-state index < -0.39 is 28.6 Å². The van der Waals surface area contributed by atoms with E-state index in [-0.39, 0.29) is 11.3 Å². The first kappa shape index (κ1) is 11.9. The van der Waals surface area contributed by atoms with Gasteiger partial charge >= 0.3 is 0 Å². The first-order chi connectivity index (χ1) is 8.54. The maximum atomic E-state index is 13.5. The monoisotopic (exact) mass is 250 g/mol. The highest BCUT2D eigenvalue weighted by Crippen LogP contribution is 2.25. The molecule has 6 heteroatoms. The summed E-state index contributed by atoms with van der Waals surface area (Å²) in [5, 5.41) is 8.56. The number of hydrogen-bond donors (Lipinski definition) is 1. The number of nitrogens with one attached hydrogen (secondary N) is 1. The molecule has 1 aromatic heterocycles. The molecule has 0 aliphatic rings. The van der Waals surface area contributed by atoms with Crippen molar-refractivity contribution in [3.8, 4) is 17.3 Å². The van der Waals surface area contributed by atoms with Gasteiger partial charge in [-0.05, 0) is 24.3 Å². The molecule has 1 aromatic carbocycles. The molecule has 0 saturated heterocycles. The number of rotatable bonds is 1. The van der Waals surface area contributed by atoms with Crippen LogP contribution in [0.4, 0.5) is 13.2 Å². The molecule has 0 unspecified atom stereocenters. The van der Waals surface area contributed by atoms with Crippen LogP contribution in [0, 0.1) is 28.8 Å². The normalized spacial score (nSPS) is 10.1. The lowest BCUT2D eigenvalue weighted by atomic mass is 10.1. The van der Waals surface area contributed by atoms with E-state index in [1.54, 1.807) is 6.07 Å². The van der Waals surface area contributed by atoms with E-state index >= 15 is 0 Å². The number of aromatic amines is 1. The first-order valence-corrected chi connectivity index (χ1v) is 4.82. The summed E-state index contributed by atoms with van der Waals surface area (Å²) in [5.41, 5.74) is -1.89. The zero-order valence-corrected chi connectivity index (χ0v) is 8.80. The van der Waals surface area contributed by atoms with E-state index in [1.165, 1.54) is 0 Å². The average Bonchev–Trinajstić information content (AvgIpc) is 2.35. The molecule has 0 spiro atoms. The predicted octanol–water partition coefficient (Wildman–Crippen LogP) is 2.33. The number of benzene rings is 1. The Hall–Kier alpha value is -2.55. The smallest absolute Gasteiger partial charge is 0.266 e. The van der Waals surface area contributed by atoms with Gasteiger partial charge in [-0.25, -0.2) is 13.2 Å². The summed E-state index contributed by atoms with van der Waals surface area (Å²) in [4.78, 5) is 13.5. The molecule has 18 heavy (non-hydrogen) atoms. The van der Waals surface area contributed by atoms with Gasteiger partial charge in [0.1, 0.15) is 17.4 Å². The third-order valence-corrected chi connectivity index (χ3v) is 2.34. The highest BCUT2D eigenvalue weighted by molar-refractivity contribution is 5.61. The summed E-state index contributed by atoms with van der Waals surface area (Å²) >= 11 is 0. The molecule has 0 aliphatic heterocycles. The second-order valence-corrected chi connectivity index (χ2v) is 3.44. The Labute approximate surface area is 99.1 Å². The Morgan fingerprint density at radius 1 is 1.06 bits per heavy atom. The maximum absolute atomic E-state index is 13.5. The standard InChI is InChI=1S/C12H5F3N2O/c13-7-2-3-8(14)11(15)10(7)9-4-1-6(5-16)12(18)17-9/h1-4H,(H,17,18). The fraction of sp³-hybridized carbons (Fsp3) is 0. The lowest BCUT2D eigenvalue weighted by Crippen LogP contribution is -2.11. The van der Waals surface area contributed by atoms with Crippen molar-refractivity contribution in [1.29, 1.82) is 5.26 Å². The summed E-state index contributed by atoms with van der Waals surface area (Å²) in [5.74, 6) is -3.62. The summed E-state index contributed by atoms with van der Waals surface area (Å²) in [6, 6.07) is 5.26. The minimum Gasteiger partial charge on any atom is -0.321 e. The lowest BCUT2D eigenvalue weighted by molar-refractivity contribution is 0.498. The summed E-state index contributed by atoms with van der Waals surface area (Å²) < 4.78 is 39.9. The largest absolute Gasteiger partial charge is 0.321 e. The minimum absolute atomic E-state index is 0.198. The van der Waals surface area contributed by atoms with Crippen LogP contribution in [0.2, 0.25) is 0 Å². The van der Waals surface area contributed by atoms with Gasteiger partial charge in [-0.15, -0.1) is 0 Å². The number of aromatic nitrogens is 1. The van der Waals surface area contributed by atoms with Gasteiger partial charge in [0.25, 0.3) is 5.56 Å². The minimum atomic E-state index is -1.39. The summed E-state index contributed by atoms with van der Waals surface area (Å²) in [6.45, 7) is 0. The molecule has 0 radical (unpaired) electrons. The molecule has 2 aromatic rings. The van der Waals surface area contributed by atoms with Crippen LogP contribution in [0.25, 0.3) is 11.3 Å². The molecule has 90 valence electrons. The van der Waals surface area contributed by atoms with Crippen LogP contribution in [0.3, 0.4) is 0 Å². The topological polar surface area (TPSA) is 56.6 Å². The van der Waals surface area contributed by atoms with Gasteiger partial charge in [-0.3, -0.25) is 4.79 Å². The quantitative estimate of drug-likeness (QED) is 0.789. The van der Waals surface area contributed by atoms with E-state index in [2.05, 4.69) is 4.98 Å². The lowest BCUT2D eigenvalue weighted by Gasteiger charge is -2.05. The van der Waals surface area contributed by atoms with Crippen LogP contribution >= 0.6 is 0 Å². The zero-order chi connectivity index (χ0) is 13.3. The van der Waals surface area contributed by atoms with Crippen LogP contribution in [0.1, 0.15) is 5.56 Å². The summed E-state index contributed by atoms with van der Waals surface area (Å²) in [6.07, 6.45) is 0. The van der Waals surface area contributed by atoms with Crippen molar-refractivity contribution in [3.63, 3.8) is 0 Å². The third kappa shape index (κ3) is 1.86. The van der Waals surface area contributed by atoms with Crippen LogP contribution in [0.5, 0.6) is 0 Å². The Morgan fingerprint density at radius 3 is 2.33 bits per heavy atom. The van der Waals surface area contributed by atoms with E-state index in [9.17, 15) is 18.0 Å². The van der Waals surface area contributed by atoms with E-state index in [4.69, 9.17) is 5.26 Å². The summed E-state index contributed by atoms with van der Waals surface area (Å²) in [7, 11) is 0. The van der Waals surface area contributed by atoms with Crippen LogP contribution < -0.4 is 5.56 Å². The van der Waals surface area contributed by atoms with Crippen molar-refractivity contribution >= 4 is 0 Å².